The minimum atomic E-state index is -2.24. The molecule has 6 heteroatoms. The van der Waals surface area contributed by atoms with E-state index in [4.69, 9.17) is 0 Å². The number of hydrogen-bond donors (Lipinski definition) is 2. The van der Waals surface area contributed by atoms with Crippen LogP contribution in [0.2, 0.25) is 0 Å². The van der Waals surface area contributed by atoms with Crippen LogP contribution in [0.3, 0.4) is 0 Å². The molecule has 0 aromatic carbocycles. The fourth-order valence-corrected chi connectivity index (χ4v) is 1.56. The maximum atomic E-state index is 10.9. The van der Waals surface area contributed by atoms with Crippen molar-refractivity contribution in [3.8, 4) is 0 Å². The summed E-state index contributed by atoms with van der Waals surface area (Å²) in [6, 6.07) is 0. The molecule has 0 aromatic heterocycles. The lowest BCUT2D eigenvalue weighted by Gasteiger charge is -2.17. The molecule has 1 heterocycles. The lowest BCUT2D eigenvalue weighted by atomic mass is 9.98. The molecule has 66 valence electrons. The number of carbonyl (C=O) groups excluding carboxylic acids is 3. The Labute approximate surface area is 76.3 Å². The van der Waals surface area contributed by atoms with Crippen molar-refractivity contribution in [1.82, 2.24) is 5.32 Å². The Bertz CT molecular complexity index is 277. The third kappa shape index (κ3) is 0.987. The van der Waals surface area contributed by atoms with E-state index in [0.29, 0.717) is 0 Å². The molecule has 1 saturated heterocycles. The van der Waals surface area contributed by atoms with Crippen molar-refractivity contribution in [3.05, 3.63) is 0 Å². The Morgan fingerprint density at radius 1 is 1.67 bits per heavy atom. The molecule has 2 N–H and O–H groups in total. The van der Waals surface area contributed by atoms with Crippen molar-refractivity contribution in [1.29, 1.82) is 0 Å². The van der Waals surface area contributed by atoms with Gasteiger partial charge in [-0.2, -0.15) is 0 Å². The van der Waals surface area contributed by atoms with E-state index in [9.17, 15) is 19.5 Å². The molecule has 1 rings (SSSR count). The average molecular weight is 236 g/mol. The van der Waals surface area contributed by atoms with Gasteiger partial charge in [-0.15, -0.1) is 0 Å². The van der Waals surface area contributed by atoms with Crippen molar-refractivity contribution < 1.29 is 19.5 Å². The number of imide groups is 1. The largest absolute Gasteiger partial charge is 0.372 e. The van der Waals surface area contributed by atoms with E-state index in [-0.39, 0.29) is 0 Å². The topological polar surface area (TPSA) is 83.5 Å². The molecule has 1 aliphatic rings. The summed E-state index contributed by atoms with van der Waals surface area (Å²) in [5.74, 6) is -2.42. The summed E-state index contributed by atoms with van der Waals surface area (Å²) >= 11 is 2.76. The Kier molecular flexibility index (Phi) is 2.05. The van der Waals surface area contributed by atoms with Gasteiger partial charge in [0.05, 0.1) is 0 Å². The molecule has 2 atom stereocenters. The van der Waals surface area contributed by atoms with E-state index in [2.05, 4.69) is 15.9 Å². The van der Waals surface area contributed by atoms with Crippen molar-refractivity contribution in [3.63, 3.8) is 0 Å². The van der Waals surface area contributed by atoms with E-state index < -0.39 is 28.0 Å². The summed E-state index contributed by atoms with van der Waals surface area (Å²) < 4.78 is 0. The molecular formula is C6H6BrNO4. The van der Waals surface area contributed by atoms with Gasteiger partial charge in [-0.05, 0) is 6.92 Å². The van der Waals surface area contributed by atoms with Gasteiger partial charge in [-0.3, -0.25) is 19.7 Å². The molecule has 2 unspecified atom stereocenters. The highest BCUT2D eigenvalue weighted by Crippen LogP contribution is 2.25. The third-order valence-electron chi connectivity index (χ3n) is 1.72. The molecule has 0 aromatic rings. The van der Waals surface area contributed by atoms with Gasteiger partial charge in [0.15, 0.2) is 5.78 Å². The van der Waals surface area contributed by atoms with Crippen molar-refractivity contribution in [2.75, 3.05) is 0 Å². The minimum Gasteiger partial charge on any atom is -0.372 e. The number of rotatable bonds is 1. The quantitative estimate of drug-likeness (QED) is 0.337. The molecule has 1 fully saturated rings. The second-order valence-electron chi connectivity index (χ2n) is 2.50. The van der Waals surface area contributed by atoms with Gasteiger partial charge in [0.2, 0.25) is 11.5 Å². The highest BCUT2D eigenvalue weighted by atomic mass is 79.9. The predicted octanol–water partition coefficient (Wildman–Crippen LogP) is -1.27. The fraction of sp³-hybridized carbons (Fsp3) is 0.500. The SMILES string of the molecule is CC(=O)C1(O)C(=O)NC(=O)C1Br. The van der Waals surface area contributed by atoms with Gasteiger partial charge in [0.25, 0.3) is 5.91 Å². The van der Waals surface area contributed by atoms with E-state index in [1.165, 1.54) is 0 Å². The van der Waals surface area contributed by atoms with Crippen molar-refractivity contribution in [2.24, 2.45) is 0 Å². The van der Waals surface area contributed by atoms with Gasteiger partial charge in [0, 0.05) is 0 Å². The summed E-state index contributed by atoms with van der Waals surface area (Å²) in [4.78, 5) is 31.4. The first-order chi connectivity index (χ1) is 5.40. The number of carbonyl (C=O) groups is 3. The van der Waals surface area contributed by atoms with Gasteiger partial charge < -0.3 is 5.11 Å². The number of alkyl halides is 1. The maximum Gasteiger partial charge on any atom is 0.268 e. The predicted molar refractivity (Wildman–Crippen MR) is 41.5 cm³/mol. The lowest BCUT2D eigenvalue weighted by Crippen LogP contribution is -2.49. The number of ketones is 1. The van der Waals surface area contributed by atoms with Crippen LogP contribution in [0.25, 0.3) is 0 Å². The van der Waals surface area contributed by atoms with Crippen LogP contribution in [0.1, 0.15) is 6.92 Å². The average Bonchev–Trinajstić information content (AvgIpc) is 2.16. The molecule has 0 bridgehead atoms. The zero-order chi connectivity index (χ0) is 9.52. The molecule has 0 aliphatic carbocycles. The summed E-state index contributed by atoms with van der Waals surface area (Å²) in [5, 5.41) is 11.3. The molecule has 0 saturated carbocycles. The zero-order valence-electron chi connectivity index (χ0n) is 6.13. The lowest BCUT2D eigenvalue weighted by molar-refractivity contribution is -0.146. The fourth-order valence-electron chi connectivity index (χ4n) is 0.914. The summed E-state index contributed by atoms with van der Waals surface area (Å²) in [6.45, 7) is 1.05. The van der Waals surface area contributed by atoms with Gasteiger partial charge in [-0.25, -0.2) is 0 Å². The van der Waals surface area contributed by atoms with Gasteiger partial charge >= 0.3 is 0 Å². The van der Waals surface area contributed by atoms with Crippen LogP contribution in [-0.4, -0.2) is 33.1 Å². The van der Waals surface area contributed by atoms with Crippen LogP contribution in [0.15, 0.2) is 0 Å². The number of aliphatic hydroxyl groups is 1. The molecule has 12 heavy (non-hydrogen) atoms. The summed E-state index contributed by atoms with van der Waals surface area (Å²) in [7, 11) is 0. The molecule has 0 spiro atoms. The molecule has 5 nitrogen and oxygen atoms in total. The van der Waals surface area contributed by atoms with Gasteiger partial charge in [-0.1, -0.05) is 15.9 Å². The first-order valence-corrected chi connectivity index (χ1v) is 4.05. The first-order valence-electron chi connectivity index (χ1n) is 3.13. The Morgan fingerprint density at radius 2 is 2.17 bits per heavy atom. The second kappa shape index (κ2) is 2.63. The first kappa shape index (κ1) is 9.34. The van der Waals surface area contributed by atoms with E-state index >= 15 is 0 Å². The summed E-state index contributed by atoms with van der Waals surface area (Å²) in [5.41, 5.74) is -2.24. The Hall–Kier alpha value is -0.750. The maximum absolute atomic E-state index is 10.9. The Morgan fingerprint density at radius 3 is 2.33 bits per heavy atom. The van der Waals surface area contributed by atoms with Crippen LogP contribution >= 0.6 is 15.9 Å². The van der Waals surface area contributed by atoms with Crippen LogP contribution in [-0.2, 0) is 14.4 Å². The normalized spacial score (nSPS) is 35.1. The van der Waals surface area contributed by atoms with Crippen LogP contribution in [0, 0.1) is 0 Å². The van der Waals surface area contributed by atoms with E-state index in [0.717, 1.165) is 6.92 Å². The zero-order valence-corrected chi connectivity index (χ0v) is 7.71. The van der Waals surface area contributed by atoms with Crippen LogP contribution < -0.4 is 5.32 Å². The van der Waals surface area contributed by atoms with Crippen molar-refractivity contribution in [2.45, 2.75) is 17.4 Å². The Balaban J connectivity index is 3.12. The van der Waals surface area contributed by atoms with Crippen LogP contribution in [0.4, 0.5) is 0 Å². The number of halogens is 1. The van der Waals surface area contributed by atoms with Crippen molar-refractivity contribution >= 4 is 33.5 Å². The number of hydrogen-bond acceptors (Lipinski definition) is 4. The summed E-state index contributed by atoms with van der Waals surface area (Å²) in [6.07, 6.45) is 0. The third-order valence-corrected chi connectivity index (χ3v) is 2.80. The van der Waals surface area contributed by atoms with E-state index in [1.54, 1.807) is 0 Å². The molecule has 2 amide bonds. The van der Waals surface area contributed by atoms with Crippen LogP contribution in [0.5, 0.6) is 0 Å². The van der Waals surface area contributed by atoms with Gasteiger partial charge in [0.1, 0.15) is 4.83 Å². The number of nitrogens with one attached hydrogen (secondary N) is 1. The molecule has 1 aliphatic heterocycles. The number of Topliss-reactive ketones (excluding diaryl/α,β-unsaturated/α-hetero) is 1. The molecule has 0 radical (unpaired) electrons. The highest BCUT2D eigenvalue weighted by molar-refractivity contribution is 9.10. The van der Waals surface area contributed by atoms with E-state index in [1.807, 2.05) is 5.32 Å². The standard InChI is InChI=1S/C6H6BrNO4/c1-2(9)6(12)3(7)4(10)8-5(6)11/h3,12H,1H3,(H,8,10,11). The monoisotopic (exact) mass is 235 g/mol. The number of amides is 2. The molecular weight excluding hydrogens is 230 g/mol. The smallest absolute Gasteiger partial charge is 0.268 e. The second-order valence-corrected chi connectivity index (χ2v) is 3.42. The highest BCUT2D eigenvalue weighted by Gasteiger charge is 2.56. The minimum absolute atomic E-state index is 0.697.